The summed E-state index contributed by atoms with van der Waals surface area (Å²) in [6.45, 7) is 9.42. The van der Waals surface area contributed by atoms with Crippen LogP contribution in [0.5, 0.6) is 0 Å². The van der Waals surface area contributed by atoms with Gasteiger partial charge in [0.2, 0.25) is 0 Å². The Labute approximate surface area is 245 Å². The van der Waals surface area contributed by atoms with Crippen LogP contribution in [0.3, 0.4) is 0 Å². The third-order valence-corrected chi connectivity index (χ3v) is 6.98. The minimum absolute atomic E-state index is 0. The molecule has 35 heavy (non-hydrogen) atoms. The third kappa shape index (κ3) is 35.5. The molecule has 0 aliphatic rings. The Balaban J connectivity index is -0.000000569. The van der Waals surface area contributed by atoms with E-state index in [-0.39, 0.29) is 64.2 Å². The van der Waals surface area contributed by atoms with E-state index in [2.05, 4.69) is 27.7 Å². The maximum absolute atomic E-state index is 11.3. The summed E-state index contributed by atoms with van der Waals surface area (Å²) in [7, 11) is -8.08. The minimum Gasteiger partial charge on any atom is -0.756 e. The molecule has 0 unspecified atom stereocenters. The normalized spacial score (nSPS) is 11.6. The van der Waals surface area contributed by atoms with Crippen LogP contribution in [0.2, 0.25) is 0 Å². The van der Waals surface area contributed by atoms with Crippen LogP contribution in [0.4, 0.5) is 0 Å². The Morgan fingerprint density at radius 1 is 0.429 bits per heavy atom. The van der Waals surface area contributed by atoms with Gasteiger partial charge in [0.05, 0.1) is 26.4 Å². The zero-order valence-electron chi connectivity index (χ0n) is 23.0. The number of phosphoric acid groups is 2. The molecule has 0 aliphatic carbocycles. The van der Waals surface area contributed by atoms with Crippen LogP contribution < -0.4 is 9.79 Å². The molecule has 0 rings (SSSR count). The van der Waals surface area contributed by atoms with Crippen molar-refractivity contribution in [1.82, 2.24) is 0 Å². The molecule has 0 heterocycles. The zero-order valence-corrected chi connectivity index (χ0v) is 27.0. The second-order valence-corrected chi connectivity index (χ2v) is 11.3. The quantitative estimate of drug-likeness (QED) is 0.0697. The molecule has 0 radical (unpaired) electrons. The SMILES string of the molecule is CCCCCCOP(=O)([O-])OCCCCCC.CCCCCCOP(=O)([O-])OCCCCCC.[Ca+2]. The number of rotatable bonds is 24. The number of hydrogen-bond acceptors (Lipinski definition) is 8. The van der Waals surface area contributed by atoms with Gasteiger partial charge < -0.3 is 27.9 Å². The van der Waals surface area contributed by atoms with Gasteiger partial charge in [-0.05, 0) is 25.7 Å². The number of phosphoric ester groups is 2. The summed E-state index contributed by atoms with van der Waals surface area (Å²) in [5.74, 6) is 0. The van der Waals surface area contributed by atoms with Gasteiger partial charge in [-0.2, -0.15) is 0 Å². The molecule has 0 amide bonds. The molecule has 0 N–H and O–H groups in total. The van der Waals surface area contributed by atoms with Crippen LogP contribution in [-0.4, -0.2) is 64.2 Å². The predicted molar refractivity (Wildman–Crippen MR) is 141 cm³/mol. The Hall–Kier alpha value is 1.48. The van der Waals surface area contributed by atoms with Crippen LogP contribution in [0.25, 0.3) is 0 Å². The van der Waals surface area contributed by atoms with Gasteiger partial charge in [0.15, 0.2) is 0 Å². The molecule has 0 bridgehead atoms. The molecule has 0 aromatic rings. The van der Waals surface area contributed by atoms with E-state index in [1.807, 2.05) is 0 Å². The number of hydrogen-bond donors (Lipinski definition) is 0. The van der Waals surface area contributed by atoms with Crippen molar-refractivity contribution in [3.8, 4) is 0 Å². The fourth-order valence-electron chi connectivity index (χ4n) is 2.90. The van der Waals surface area contributed by atoms with Crippen LogP contribution in [0, 0.1) is 0 Å². The molecular formula is C24H52CaO8P2. The van der Waals surface area contributed by atoms with Crippen molar-refractivity contribution in [2.45, 2.75) is 130 Å². The van der Waals surface area contributed by atoms with E-state index < -0.39 is 15.6 Å². The second kappa shape index (κ2) is 30.0. The average Bonchev–Trinajstić information content (AvgIpc) is 2.79. The van der Waals surface area contributed by atoms with Gasteiger partial charge in [0.1, 0.15) is 0 Å². The monoisotopic (exact) mass is 570 g/mol. The van der Waals surface area contributed by atoms with Gasteiger partial charge in [-0.15, -0.1) is 0 Å². The van der Waals surface area contributed by atoms with Crippen LogP contribution in [-0.2, 0) is 27.2 Å². The minimum atomic E-state index is -4.04. The summed E-state index contributed by atoms with van der Waals surface area (Å²) in [6.07, 6.45) is 16.1. The van der Waals surface area contributed by atoms with E-state index in [0.29, 0.717) is 0 Å². The molecule has 0 fully saturated rings. The van der Waals surface area contributed by atoms with Crippen molar-refractivity contribution in [2.24, 2.45) is 0 Å². The van der Waals surface area contributed by atoms with E-state index in [4.69, 9.17) is 18.1 Å². The van der Waals surface area contributed by atoms with Crippen molar-refractivity contribution < 1.29 is 37.0 Å². The summed E-state index contributed by atoms with van der Waals surface area (Å²) < 4.78 is 41.6. The van der Waals surface area contributed by atoms with E-state index in [1.165, 1.54) is 0 Å². The standard InChI is InChI=1S/2C12H27O4P.Ca/c2*1-3-5-7-9-11-15-17(13,14)16-12-10-8-6-4-2;/h2*3-12H2,1-2H3,(H,13,14);/q;;+2/p-2. The first kappa shape index (κ1) is 41.0. The van der Waals surface area contributed by atoms with E-state index in [0.717, 1.165) is 103 Å². The van der Waals surface area contributed by atoms with E-state index in [9.17, 15) is 18.9 Å². The fourth-order valence-corrected chi connectivity index (χ4v) is 4.46. The summed E-state index contributed by atoms with van der Waals surface area (Å²) in [5, 5.41) is 0. The third-order valence-electron chi connectivity index (χ3n) is 4.99. The second-order valence-electron chi connectivity index (χ2n) is 8.47. The zero-order chi connectivity index (χ0) is 26.0. The van der Waals surface area contributed by atoms with Crippen LogP contribution in [0.1, 0.15) is 130 Å². The first-order valence-corrected chi connectivity index (χ1v) is 16.4. The molecule has 0 spiro atoms. The Morgan fingerprint density at radius 2 is 0.629 bits per heavy atom. The molecule has 0 aliphatic heterocycles. The van der Waals surface area contributed by atoms with Gasteiger partial charge in [-0.1, -0.05) is 105 Å². The maximum atomic E-state index is 11.3. The molecule has 208 valence electrons. The van der Waals surface area contributed by atoms with Crippen molar-refractivity contribution >= 4 is 53.4 Å². The summed E-state index contributed by atoms with van der Waals surface area (Å²) in [5.41, 5.74) is 0. The molecule has 0 aromatic heterocycles. The fraction of sp³-hybridized carbons (Fsp3) is 1.00. The Morgan fingerprint density at radius 3 is 0.800 bits per heavy atom. The molecule has 0 aromatic carbocycles. The summed E-state index contributed by atoms with van der Waals surface area (Å²) in [4.78, 5) is 22.6. The molecule has 8 nitrogen and oxygen atoms in total. The van der Waals surface area contributed by atoms with Crippen molar-refractivity contribution in [2.75, 3.05) is 26.4 Å². The first-order valence-electron chi connectivity index (χ1n) is 13.4. The van der Waals surface area contributed by atoms with Gasteiger partial charge in [-0.3, -0.25) is 9.13 Å². The molecule has 0 saturated heterocycles. The van der Waals surface area contributed by atoms with Crippen LogP contribution >= 0.6 is 15.6 Å². The smallest absolute Gasteiger partial charge is 0.756 e. The maximum Gasteiger partial charge on any atom is 2.00 e. The van der Waals surface area contributed by atoms with Gasteiger partial charge in [0.25, 0.3) is 15.6 Å². The van der Waals surface area contributed by atoms with Crippen molar-refractivity contribution in [1.29, 1.82) is 0 Å². The average molecular weight is 571 g/mol. The first-order chi connectivity index (χ1) is 16.2. The van der Waals surface area contributed by atoms with Gasteiger partial charge >= 0.3 is 37.7 Å². The Kier molecular flexibility index (Phi) is 35.1. The van der Waals surface area contributed by atoms with E-state index in [1.54, 1.807) is 0 Å². The molecule has 0 atom stereocenters. The molecular weight excluding hydrogens is 518 g/mol. The molecule has 0 saturated carbocycles. The summed E-state index contributed by atoms with van der Waals surface area (Å²) >= 11 is 0. The van der Waals surface area contributed by atoms with Gasteiger partial charge in [-0.25, -0.2) is 0 Å². The molecule has 11 heteroatoms. The predicted octanol–water partition coefficient (Wildman–Crippen LogP) is 6.92. The van der Waals surface area contributed by atoms with Gasteiger partial charge in [0, 0.05) is 0 Å². The summed E-state index contributed by atoms with van der Waals surface area (Å²) in [6, 6.07) is 0. The van der Waals surface area contributed by atoms with Crippen molar-refractivity contribution in [3.63, 3.8) is 0 Å². The number of unbranched alkanes of at least 4 members (excludes halogenated alkanes) is 12. The van der Waals surface area contributed by atoms with E-state index >= 15 is 0 Å². The topological polar surface area (TPSA) is 117 Å². The Bertz CT molecular complexity index is 432. The van der Waals surface area contributed by atoms with Crippen LogP contribution in [0.15, 0.2) is 0 Å². The largest absolute Gasteiger partial charge is 2.00 e. The van der Waals surface area contributed by atoms with Crippen molar-refractivity contribution in [3.05, 3.63) is 0 Å².